The van der Waals surface area contributed by atoms with Crippen molar-refractivity contribution in [3.63, 3.8) is 0 Å². The number of aromatic nitrogens is 2. The second kappa shape index (κ2) is 7.48. The molecule has 0 saturated carbocycles. The van der Waals surface area contributed by atoms with Gasteiger partial charge in [-0.25, -0.2) is 14.8 Å². The molecule has 0 aromatic carbocycles. The topological polar surface area (TPSA) is 110 Å². The van der Waals surface area contributed by atoms with Crippen molar-refractivity contribution in [1.82, 2.24) is 14.9 Å². The summed E-state index contributed by atoms with van der Waals surface area (Å²) in [4.78, 5) is 21.8. The van der Waals surface area contributed by atoms with Gasteiger partial charge in [-0.2, -0.15) is 8.42 Å². The molecule has 0 radical (unpaired) electrons. The molecule has 2 rings (SSSR count). The predicted octanol–water partition coefficient (Wildman–Crippen LogP) is 2.53. The van der Waals surface area contributed by atoms with Gasteiger partial charge in [0.2, 0.25) is 0 Å². The molecule has 26 heavy (non-hydrogen) atoms. The van der Waals surface area contributed by atoms with Crippen molar-refractivity contribution >= 4 is 16.2 Å². The Morgan fingerprint density at radius 1 is 1.42 bits per heavy atom. The van der Waals surface area contributed by atoms with Crippen LogP contribution >= 0.6 is 0 Å². The van der Waals surface area contributed by atoms with Gasteiger partial charge in [0.1, 0.15) is 5.82 Å². The normalized spacial score (nSPS) is 21.7. The third-order valence-corrected chi connectivity index (χ3v) is 5.23. The molecule has 0 aliphatic carbocycles. The highest BCUT2D eigenvalue weighted by Gasteiger charge is 2.40. The molecule has 8 nitrogen and oxygen atoms in total. The number of likely N-dealkylation sites (tertiary alicyclic amines) is 1. The number of hydrogen-bond donors (Lipinski definition) is 1. The summed E-state index contributed by atoms with van der Waals surface area (Å²) >= 11 is 0. The molecule has 1 N–H and O–H groups in total. The van der Waals surface area contributed by atoms with E-state index in [1.807, 2.05) is 20.8 Å². The summed E-state index contributed by atoms with van der Waals surface area (Å²) in [5.41, 5.74) is 1.16. The molecular weight excluding hydrogens is 358 g/mol. The fourth-order valence-corrected chi connectivity index (χ4v) is 3.75. The largest absolute Gasteiger partial charge is 0.465 e. The molecule has 2 unspecified atom stereocenters. The van der Waals surface area contributed by atoms with E-state index in [9.17, 15) is 18.3 Å². The molecule has 1 aliphatic rings. The number of amides is 1. The van der Waals surface area contributed by atoms with Gasteiger partial charge in [0.15, 0.2) is 0 Å². The summed E-state index contributed by atoms with van der Waals surface area (Å²) in [6.07, 6.45) is 2.93. The van der Waals surface area contributed by atoms with E-state index in [1.165, 1.54) is 4.90 Å². The zero-order valence-electron chi connectivity index (χ0n) is 15.9. The fourth-order valence-electron chi connectivity index (χ4n) is 3.41. The first-order valence-corrected chi connectivity index (χ1v) is 10.4. The Labute approximate surface area is 154 Å². The molecule has 2 atom stereocenters. The van der Waals surface area contributed by atoms with Crippen molar-refractivity contribution in [1.29, 1.82) is 0 Å². The van der Waals surface area contributed by atoms with Crippen LogP contribution in [0.5, 0.6) is 0 Å². The van der Waals surface area contributed by atoms with Crippen LogP contribution in [0.25, 0.3) is 0 Å². The maximum absolute atomic E-state index is 11.6. The molecule has 1 aliphatic heterocycles. The van der Waals surface area contributed by atoms with Crippen LogP contribution in [-0.2, 0) is 20.9 Å². The first-order valence-electron chi connectivity index (χ1n) is 8.55. The van der Waals surface area contributed by atoms with Crippen molar-refractivity contribution in [3.05, 3.63) is 23.3 Å². The SMILES string of the molecule is Cc1ncc(COS(C)(=O)=O)c(C2CCN(C(=O)O)C(C(C)(C)C)C2)n1. The van der Waals surface area contributed by atoms with Crippen LogP contribution in [0.2, 0.25) is 0 Å². The molecule has 146 valence electrons. The van der Waals surface area contributed by atoms with E-state index in [4.69, 9.17) is 4.18 Å². The van der Waals surface area contributed by atoms with Gasteiger partial charge < -0.3 is 10.0 Å². The summed E-state index contributed by atoms with van der Waals surface area (Å²) in [5, 5.41) is 9.51. The number of carboxylic acid groups (broad SMARTS) is 1. The second-order valence-electron chi connectivity index (χ2n) is 7.87. The quantitative estimate of drug-likeness (QED) is 0.793. The summed E-state index contributed by atoms with van der Waals surface area (Å²) in [6.45, 7) is 8.14. The Hall–Kier alpha value is -1.74. The Balaban J connectivity index is 2.32. The molecule has 1 fully saturated rings. The van der Waals surface area contributed by atoms with Gasteiger partial charge in [-0.1, -0.05) is 20.8 Å². The van der Waals surface area contributed by atoms with Gasteiger partial charge in [-0.3, -0.25) is 4.18 Å². The minimum Gasteiger partial charge on any atom is -0.465 e. The van der Waals surface area contributed by atoms with E-state index in [1.54, 1.807) is 13.1 Å². The minimum absolute atomic E-state index is 0.0229. The molecule has 1 amide bonds. The summed E-state index contributed by atoms with van der Waals surface area (Å²) in [6, 6.07) is -0.155. The van der Waals surface area contributed by atoms with Gasteiger partial charge in [0, 0.05) is 30.3 Å². The molecule has 0 spiro atoms. The van der Waals surface area contributed by atoms with Gasteiger partial charge in [0.25, 0.3) is 10.1 Å². The minimum atomic E-state index is -3.58. The number of carbonyl (C=O) groups is 1. The van der Waals surface area contributed by atoms with Crippen LogP contribution in [0.1, 0.15) is 56.6 Å². The van der Waals surface area contributed by atoms with Gasteiger partial charge >= 0.3 is 6.09 Å². The Morgan fingerprint density at radius 3 is 2.62 bits per heavy atom. The van der Waals surface area contributed by atoms with E-state index >= 15 is 0 Å². The zero-order valence-corrected chi connectivity index (χ0v) is 16.7. The van der Waals surface area contributed by atoms with Crippen LogP contribution in [-0.4, -0.2) is 53.3 Å². The molecule has 1 aromatic rings. The monoisotopic (exact) mass is 385 g/mol. The molecule has 1 aromatic heterocycles. The molecule has 9 heteroatoms. The third-order valence-electron chi connectivity index (χ3n) is 4.68. The van der Waals surface area contributed by atoms with Crippen LogP contribution in [0.15, 0.2) is 6.20 Å². The maximum Gasteiger partial charge on any atom is 0.407 e. The third kappa shape index (κ3) is 5.14. The van der Waals surface area contributed by atoms with Crippen LogP contribution < -0.4 is 0 Å². The Bertz CT molecular complexity index is 773. The van der Waals surface area contributed by atoms with Crippen LogP contribution in [0, 0.1) is 12.3 Å². The highest BCUT2D eigenvalue weighted by Crippen LogP contribution is 2.39. The molecule has 0 bridgehead atoms. The lowest BCUT2D eigenvalue weighted by molar-refractivity contribution is 0.0518. The summed E-state index contributed by atoms with van der Waals surface area (Å²) in [5.74, 6) is 0.616. The van der Waals surface area contributed by atoms with E-state index in [-0.39, 0.29) is 24.0 Å². The lowest BCUT2D eigenvalue weighted by Gasteiger charge is -2.44. The lowest BCUT2D eigenvalue weighted by atomic mass is 9.75. The average Bonchev–Trinajstić information content (AvgIpc) is 2.51. The van der Waals surface area contributed by atoms with Crippen molar-refractivity contribution in [2.24, 2.45) is 5.41 Å². The van der Waals surface area contributed by atoms with Crippen LogP contribution in [0.4, 0.5) is 4.79 Å². The number of hydrogen-bond acceptors (Lipinski definition) is 6. The standard InChI is InChI=1S/C17H27N3O5S/c1-11-18-9-13(10-25-26(5,23)24)15(19-11)12-6-7-20(16(21)22)14(8-12)17(2,3)4/h9,12,14H,6-8,10H2,1-5H3,(H,21,22). The average molecular weight is 385 g/mol. The molecule has 2 heterocycles. The first kappa shape index (κ1) is 20.6. The molecular formula is C17H27N3O5S. The van der Waals surface area contributed by atoms with E-state index < -0.39 is 16.2 Å². The highest BCUT2D eigenvalue weighted by molar-refractivity contribution is 7.85. The molecule has 1 saturated heterocycles. The summed E-state index contributed by atoms with van der Waals surface area (Å²) < 4.78 is 27.6. The number of nitrogens with zero attached hydrogens (tertiary/aromatic N) is 3. The lowest BCUT2D eigenvalue weighted by Crippen LogP contribution is -2.51. The zero-order chi connectivity index (χ0) is 19.7. The number of piperidine rings is 1. The van der Waals surface area contributed by atoms with Gasteiger partial charge in [-0.15, -0.1) is 0 Å². The van der Waals surface area contributed by atoms with Gasteiger partial charge in [0.05, 0.1) is 18.6 Å². The fraction of sp³-hybridized carbons (Fsp3) is 0.706. The predicted molar refractivity (Wildman–Crippen MR) is 96.4 cm³/mol. The van der Waals surface area contributed by atoms with Crippen molar-refractivity contribution < 1.29 is 22.5 Å². The Kier molecular flexibility index (Phi) is 5.92. The van der Waals surface area contributed by atoms with Crippen molar-refractivity contribution in [2.45, 2.75) is 59.1 Å². The van der Waals surface area contributed by atoms with E-state index in [0.717, 1.165) is 11.9 Å². The summed E-state index contributed by atoms with van der Waals surface area (Å²) in [7, 11) is -3.58. The smallest absolute Gasteiger partial charge is 0.407 e. The highest BCUT2D eigenvalue weighted by atomic mass is 32.2. The number of rotatable bonds is 4. The van der Waals surface area contributed by atoms with Gasteiger partial charge in [-0.05, 0) is 25.2 Å². The van der Waals surface area contributed by atoms with Crippen molar-refractivity contribution in [2.75, 3.05) is 12.8 Å². The first-order chi connectivity index (χ1) is 11.9. The van der Waals surface area contributed by atoms with E-state index in [2.05, 4.69) is 9.97 Å². The van der Waals surface area contributed by atoms with E-state index in [0.29, 0.717) is 30.8 Å². The van der Waals surface area contributed by atoms with Crippen LogP contribution in [0.3, 0.4) is 0 Å². The van der Waals surface area contributed by atoms with Crippen molar-refractivity contribution in [3.8, 4) is 0 Å². The number of aryl methyl sites for hydroxylation is 1. The maximum atomic E-state index is 11.6. The second-order valence-corrected chi connectivity index (χ2v) is 9.52. The Morgan fingerprint density at radius 2 is 2.08 bits per heavy atom.